The Morgan fingerprint density at radius 2 is 2.05 bits per heavy atom. The highest BCUT2D eigenvalue weighted by Crippen LogP contribution is 2.30. The summed E-state index contributed by atoms with van der Waals surface area (Å²) < 4.78 is 0. The van der Waals surface area contributed by atoms with Crippen LogP contribution in [0.25, 0.3) is 0 Å². The molecule has 3 rings (SSSR count). The molecule has 0 spiro atoms. The first kappa shape index (κ1) is 12.9. The van der Waals surface area contributed by atoms with Crippen LogP contribution in [-0.4, -0.2) is 42.1 Å². The number of anilines is 1. The van der Waals surface area contributed by atoms with Gasteiger partial charge in [0.15, 0.2) is 0 Å². The van der Waals surface area contributed by atoms with Crippen LogP contribution in [-0.2, 0) is 0 Å². The fourth-order valence-electron chi connectivity index (χ4n) is 3.40. The van der Waals surface area contributed by atoms with Crippen molar-refractivity contribution in [2.75, 3.05) is 25.0 Å². The van der Waals surface area contributed by atoms with Gasteiger partial charge in [-0.1, -0.05) is 0 Å². The molecule has 4 heteroatoms. The highest BCUT2D eigenvalue weighted by atomic mass is 15.3. The molecule has 2 aliphatic rings. The highest BCUT2D eigenvalue weighted by molar-refractivity contribution is 5.45. The molecule has 2 fully saturated rings. The van der Waals surface area contributed by atoms with E-state index in [9.17, 15) is 0 Å². The van der Waals surface area contributed by atoms with Crippen molar-refractivity contribution in [3.63, 3.8) is 0 Å². The quantitative estimate of drug-likeness (QED) is 0.880. The number of pyridine rings is 1. The summed E-state index contributed by atoms with van der Waals surface area (Å²) in [5.41, 5.74) is 8.06. The molecule has 4 nitrogen and oxygen atoms in total. The second kappa shape index (κ2) is 5.10. The summed E-state index contributed by atoms with van der Waals surface area (Å²) in [6, 6.07) is 5.74. The third-order valence-electron chi connectivity index (χ3n) is 4.75. The smallest absolute Gasteiger partial charge is 0.0569 e. The second-order valence-electron chi connectivity index (χ2n) is 6.02. The van der Waals surface area contributed by atoms with E-state index < -0.39 is 0 Å². The lowest BCUT2D eigenvalue weighted by molar-refractivity contribution is 0.254. The Morgan fingerprint density at radius 3 is 2.74 bits per heavy atom. The molecule has 0 aromatic carbocycles. The predicted molar refractivity (Wildman–Crippen MR) is 78.2 cm³/mol. The third-order valence-corrected chi connectivity index (χ3v) is 4.75. The molecule has 2 aliphatic heterocycles. The molecular weight excluding hydrogens is 236 g/mol. The predicted octanol–water partition coefficient (Wildman–Crippen LogP) is 1.77. The van der Waals surface area contributed by atoms with Crippen molar-refractivity contribution in [1.82, 2.24) is 9.88 Å². The van der Waals surface area contributed by atoms with Gasteiger partial charge in [-0.15, -0.1) is 0 Å². The average molecular weight is 260 g/mol. The number of nitrogens with two attached hydrogens (primary N) is 1. The minimum Gasteiger partial charge on any atom is -0.369 e. The Labute approximate surface area is 115 Å². The number of aromatic nitrogens is 1. The van der Waals surface area contributed by atoms with E-state index in [2.05, 4.69) is 34.0 Å². The molecule has 0 aliphatic carbocycles. The average Bonchev–Trinajstić information content (AvgIpc) is 2.63. The summed E-state index contributed by atoms with van der Waals surface area (Å²) in [7, 11) is 2.28. The summed E-state index contributed by atoms with van der Waals surface area (Å²) in [6.07, 6.45) is 5.96. The monoisotopic (exact) mass is 260 g/mol. The van der Waals surface area contributed by atoms with Crippen LogP contribution in [0.1, 0.15) is 37.9 Å². The molecule has 2 saturated heterocycles. The van der Waals surface area contributed by atoms with Crippen LogP contribution in [0.2, 0.25) is 0 Å². The van der Waals surface area contributed by atoms with Crippen molar-refractivity contribution >= 4 is 5.69 Å². The second-order valence-corrected chi connectivity index (χ2v) is 6.02. The maximum absolute atomic E-state index is 5.85. The minimum atomic E-state index is 0.0142. The van der Waals surface area contributed by atoms with Gasteiger partial charge in [0.25, 0.3) is 0 Å². The van der Waals surface area contributed by atoms with Crippen LogP contribution < -0.4 is 10.6 Å². The molecular formula is C15H24N4. The van der Waals surface area contributed by atoms with Gasteiger partial charge in [-0.05, 0) is 45.4 Å². The minimum absolute atomic E-state index is 0.0142. The number of hydrogen-bond acceptors (Lipinski definition) is 4. The first-order chi connectivity index (χ1) is 9.15. The first-order valence-electron chi connectivity index (χ1n) is 7.33. The third kappa shape index (κ3) is 2.47. The Morgan fingerprint density at radius 1 is 1.26 bits per heavy atom. The molecule has 2 N–H and O–H groups in total. The van der Waals surface area contributed by atoms with Crippen LogP contribution in [0.3, 0.4) is 0 Å². The number of hydrogen-bond donors (Lipinski definition) is 1. The number of fused-ring (bicyclic) bond motifs is 2. The molecule has 1 aromatic rings. The van der Waals surface area contributed by atoms with Crippen LogP contribution in [0.4, 0.5) is 5.69 Å². The molecule has 0 amide bonds. The molecule has 2 unspecified atom stereocenters. The summed E-state index contributed by atoms with van der Waals surface area (Å²) in [6.45, 7) is 4.25. The SMILES string of the molecule is C[C@H](N)c1ccc(N2CCC3CCC(C2)N3C)cn1. The lowest BCUT2D eigenvalue weighted by atomic mass is 10.1. The molecule has 3 heterocycles. The van der Waals surface area contributed by atoms with Gasteiger partial charge in [-0.25, -0.2) is 0 Å². The zero-order valence-electron chi connectivity index (χ0n) is 11.9. The van der Waals surface area contributed by atoms with E-state index in [0.29, 0.717) is 6.04 Å². The zero-order valence-corrected chi connectivity index (χ0v) is 11.9. The van der Waals surface area contributed by atoms with Crippen LogP contribution in [0, 0.1) is 0 Å². The van der Waals surface area contributed by atoms with Crippen LogP contribution in [0.15, 0.2) is 18.3 Å². The first-order valence-corrected chi connectivity index (χ1v) is 7.33. The summed E-state index contributed by atoms with van der Waals surface area (Å²) >= 11 is 0. The largest absolute Gasteiger partial charge is 0.369 e. The van der Waals surface area contributed by atoms with E-state index in [0.717, 1.165) is 24.8 Å². The maximum Gasteiger partial charge on any atom is 0.0569 e. The van der Waals surface area contributed by atoms with Gasteiger partial charge >= 0.3 is 0 Å². The van der Waals surface area contributed by atoms with Gasteiger partial charge < -0.3 is 10.6 Å². The van der Waals surface area contributed by atoms with E-state index in [1.807, 2.05) is 13.1 Å². The summed E-state index contributed by atoms with van der Waals surface area (Å²) in [5.74, 6) is 0. The number of likely N-dealkylation sites (N-methyl/N-ethyl adjacent to an activating group) is 1. The highest BCUT2D eigenvalue weighted by Gasteiger charge is 2.34. The van der Waals surface area contributed by atoms with Gasteiger partial charge in [-0.3, -0.25) is 9.88 Å². The van der Waals surface area contributed by atoms with Crippen LogP contribution >= 0.6 is 0 Å². The van der Waals surface area contributed by atoms with Crippen molar-refractivity contribution in [2.24, 2.45) is 5.73 Å². The number of rotatable bonds is 2. The van der Waals surface area contributed by atoms with Crippen molar-refractivity contribution < 1.29 is 0 Å². The van der Waals surface area contributed by atoms with Crippen LogP contribution in [0.5, 0.6) is 0 Å². The van der Waals surface area contributed by atoms with E-state index in [-0.39, 0.29) is 6.04 Å². The molecule has 19 heavy (non-hydrogen) atoms. The van der Waals surface area contributed by atoms with E-state index in [4.69, 9.17) is 5.73 Å². The van der Waals surface area contributed by atoms with Crippen molar-refractivity contribution in [2.45, 2.75) is 44.3 Å². The fourth-order valence-corrected chi connectivity index (χ4v) is 3.40. The van der Waals surface area contributed by atoms with E-state index >= 15 is 0 Å². The van der Waals surface area contributed by atoms with Gasteiger partial charge in [0.1, 0.15) is 0 Å². The lowest BCUT2D eigenvalue weighted by Gasteiger charge is -2.27. The number of nitrogens with zero attached hydrogens (tertiary/aromatic N) is 3. The summed E-state index contributed by atoms with van der Waals surface area (Å²) in [4.78, 5) is 9.54. The van der Waals surface area contributed by atoms with Gasteiger partial charge in [0.2, 0.25) is 0 Å². The van der Waals surface area contributed by atoms with Gasteiger partial charge in [-0.2, -0.15) is 0 Å². The molecule has 1 aromatic heterocycles. The Balaban J connectivity index is 1.75. The normalized spacial score (nSPS) is 29.3. The zero-order chi connectivity index (χ0) is 13.4. The Bertz CT molecular complexity index is 428. The summed E-state index contributed by atoms with van der Waals surface area (Å²) in [5, 5.41) is 0. The van der Waals surface area contributed by atoms with E-state index in [1.165, 1.54) is 24.9 Å². The van der Waals surface area contributed by atoms with Gasteiger partial charge in [0.05, 0.1) is 17.6 Å². The standard InChI is InChI=1S/C15H24N4/c1-11(16)15-6-5-13(9-17-15)19-8-7-12-3-4-14(10-19)18(12)2/h5-6,9,11-12,14H,3-4,7-8,10,16H2,1-2H3/t11-,12?,14?/m0/s1. The Kier molecular flexibility index (Phi) is 3.46. The molecule has 0 radical (unpaired) electrons. The molecule has 104 valence electrons. The van der Waals surface area contributed by atoms with Crippen molar-refractivity contribution in [3.05, 3.63) is 24.0 Å². The molecule has 2 bridgehead atoms. The van der Waals surface area contributed by atoms with Crippen molar-refractivity contribution in [1.29, 1.82) is 0 Å². The van der Waals surface area contributed by atoms with E-state index in [1.54, 1.807) is 0 Å². The lowest BCUT2D eigenvalue weighted by Crippen LogP contribution is -2.36. The topological polar surface area (TPSA) is 45.4 Å². The maximum atomic E-state index is 5.85. The fraction of sp³-hybridized carbons (Fsp3) is 0.667. The molecule has 0 saturated carbocycles. The van der Waals surface area contributed by atoms with Gasteiger partial charge in [0, 0.05) is 31.2 Å². The molecule has 3 atom stereocenters. The van der Waals surface area contributed by atoms with Crippen molar-refractivity contribution in [3.8, 4) is 0 Å². The Hall–Kier alpha value is -1.13.